The van der Waals surface area contributed by atoms with Crippen LogP contribution in [0.25, 0.3) is 0 Å². The molecule has 9 rings (SSSR count). The molecule has 0 aliphatic carbocycles. The zero-order chi connectivity index (χ0) is 24.8. The summed E-state index contributed by atoms with van der Waals surface area (Å²) < 4.78 is 6.28. The lowest BCUT2D eigenvalue weighted by Crippen LogP contribution is -2.69. The van der Waals surface area contributed by atoms with Gasteiger partial charge in [0.15, 0.2) is 5.88 Å². The molecule has 1 aromatic heterocycles. The Morgan fingerprint density at radius 2 is 1.32 bits per heavy atom. The van der Waals surface area contributed by atoms with Crippen LogP contribution in [0.4, 0.5) is 34.3 Å². The highest BCUT2D eigenvalue weighted by Gasteiger charge is 2.52. The predicted octanol–water partition coefficient (Wildman–Crippen LogP) is 5.42. The minimum Gasteiger partial charge on any atom is -0.449 e. The van der Waals surface area contributed by atoms with Crippen LogP contribution in [0.1, 0.15) is 19.3 Å². The topological polar surface area (TPSA) is 19.6 Å². The summed E-state index contributed by atoms with van der Waals surface area (Å²) in [6.07, 6.45) is 5.96. The molecule has 0 bridgehead atoms. The van der Waals surface area contributed by atoms with Crippen LogP contribution in [-0.4, -0.2) is 14.8 Å². The van der Waals surface area contributed by atoms with Gasteiger partial charge in [-0.05, 0) is 75.2 Å². The Hall–Kier alpha value is -3.96. The van der Waals surface area contributed by atoms with Crippen LogP contribution in [0, 0.1) is 0 Å². The molecule has 0 atom stereocenters. The Bertz CT molecular complexity index is 1740. The van der Waals surface area contributed by atoms with Gasteiger partial charge in [0, 0.05) is 28.4 Å². The van der Waals surface area contributed by atoms with Crippen molar-refractivity contribution in [2.45, 2.75) is 31.4 Å². The lowest BCUT2D eigenvalue weighted by molar-refractivity contribution is 0.575. The number of hydrogen-bond donors (Lipinski definition) is 0. The van der Waals surface area contributed by atoms with E-state index < -0.39 is 8.07 Å². The Morgan fingerprint density at radius 1 is 0.605 bits per heavy atom. The van der Waals surface area contributed by atoms with E-state index >= 15 is 0 Å². The van der Waals surface area contributed by atoms with E-state index in [2.05, 4.69) is 107 Å². The lowest BCUT2D eigenvalue weighted by atomic mass is 9.34. The van der Waals surface area contributed by atoms with Crippen molar-refractivity contribution < 1.29 is 4.42 Å². The normalized spacial score (nSPS) is 17.5. The van der Waals surface area contributed by atoms with E-state index in [1.165, 1.54) is 70.5 Å². The molecule has 0 amide bonds. The lowest BCUT2D eigenvalue weighted by Gasteiger charge is -2.50. The van der Waals surface area contributed by atoms with Crippen LogP contribution < -0.4 is 36.6 Å². The van der Waals surface area contributed by atoms with Gasteiger partial charge in [0.1, 0.15) is 8.07 Å². The Balaban J connectivity index is 1.39. The number of benzene rings is 4. The zero-order valence-electron chi connectivity index (χ0n) is 21.2. The van der Waals surface area contributed by atoms with Crippen LogP contribution in [0.2, 0.25) is 12.1 Å². The number of anilines is 6. The largest absolute Gasteiger partial charge is 0.449 e. The Labute approximate surface area is 224 Å². The third kappa shape index (κ3) is 2.50. The summed E-state index contributed by atoms with van der Waals surface area (Å²) in [5.74, 6) is 0.942. The highest BCUT2D eigenvalue weighted by molar-refractivity contribution is 7.07. The van der Waals surface area contributed by atoms with E-state index in [0.717, 1.165) is 11.6 Å². The third-order valence-electron chi connectivity index (χ3n) is 9.52. The quantitative estimate of drug-likeness (QED) is 0.277. The average molecular weight is 506 g/mol. The summed E-state index contributed by atoms with van der Waals surface area (Å²) in [5.41, 5.74) is 10.6. The van der Waals surface area contributed by atoms with Crippen molar-refractivity contribution in [1.82, 2.24) is 0 Å². The van der Waals surface area contributed by atoms with Gasteiger partial charge in [-0.25, -0.2) is 0 Å². The van der Waals surface area contributed by atoms with Crippen molar-refractivity contribution in [2.24, 2.45) is 0 Å². The Morgan fingerprint density at radius 3 is 2.18 bits per heavy atom. The fourth-order valence-corrected chi connectivity index (χ4v) is 13.6. The third-order valence-corrected chi connectivity index (χ3v) is 14.8. The molecule has 4 aliphatic heterocycles. The Kier molecular flexibility index (Phi) is 4.18. The van der Waals surface area contributed by atoms with E-state index in [-0.39, 0.29) is 6.71 Å². The molecule has 38 heavy (non-hydrogen) atoms. The second kappa shape index (κ2) is 7.55. The van der Waals surface area contributed by atoms with Crippen molar-refractivity contribution in [1.29, 1.82) is 0 Å². The van der Waals surface area contributed by atoms with Gasteiger partial charge in [0.2, 0.25) is 0 Å². The number of fused-ring (bicyclic) bond motifs is 8. The number of furan rings is 1. The van der Waals surface area contributed by atoms with Crippen molar-refractivity contribution in [2.75, 3.05) is 9.80 Å². The van der Waals surface area contributed by atoms with Crippen LogP contribution in [-0.2, 0) is 0 Å². The van der Waals surface area contributed by atoms with Gasteiger partial charge >= 0.3 is 0 Å². The summed E-state index contributed by atoms with van der Waals surface area (Å²) in [6, 6.07) is 39.0. The molecule has 0 saturated carbocycles. The molecule has 5 heterocycles. The maximum absolute atomic E-state index is 6.28. The second-order valence-electron chi connectivity index (χ2n) is 11.2. The minimum atomic E-state index is -1.84. The molecule has 0 N–H and O–H groups in total. The molecular formula is C33H27BN2OSi. The standard InChI is InChI=1S/C33H27BN2OSi/c1-3-11-23(12-4-1)35-27-15-10-16-28-31(27)34(25-19-20-37-33(25)35)24-13-9-18-30-32(24)36(28)26-14-5-6-17-29(26)38(30)21-7-2-8-22-38/h1,3-6,9-20H,2,7-8,21-22H2. The molecule has 182 valence electrons. The fraction of sp³-hybridized carbons (Fsp3) is 0.152. The van der Waals surface area contributed by atoms with Crippen molar-refractivity contribution in [3.8, 4) is 0 Å². The average Bonchev–Trinajstić information content (AvgIpc) is 3.47. The number of rotatable bonds is 1. The summed E-state index contributed by atoms with van der Waals surface area (Å²) in [6.45, 7) is 0.168. The maximum Gasteiger partial charge on any atom is 0.256 e. The molecule has 0 unspecified atom stereocenters. The summed E-state index contributed by atoms with van der Waals surface area (Å²) in [5, 5.41) is 3.29. The number of para-hydroxylation sites is 3. The van der Waals surface area contributed by atoms with Gasteiger partial charge in [-0.1, -0.05) is 79.9 Å². The van der Waals surface area contributed by atoms with E-state index in [1.807, 2.05) is 6.26 Å². The fourth-order valence-electron chi connectivity index (χ4n) is 8.07. The molecule has 1 fully saturated rings. The summed E-state index contributed by atoms with van der Waals surface area (Å²) in [4.78, 5) is 4.93. The monoisotopic (exact) mass is 506 g/mol. The van der Waals surface area contributed by atoms with Gasteiger partial charge in [-0.2, -0.15) is 0 Å². The maximum atomic E-state index is 6.28. The minimum absolute atomic E-state index is 0.168. The zero-order valence-corrected chi connectivity index (χ0v) is 22.2. The number of hydrogen-bond acceptors (Lipinski definition) is 3. The number of nitrogens with zero attached hydrogens (tertiary/aromatic N) is 2. The van der Waals surface area contributed by atoms with E-state index in [9.17, 15) is 0 Å². The molecule has 5 aromatic rings. The van der Waals surface area contributed by atoms with Gasteiger partial charge in [-0.15, -0.1) is 0 Å². The smallest absolute Gasteiger partial charge is 0.256 e. The van der Waals surface area contributed by atoms with Crippen LogP contribution in [0.3, 0.4) is 0 Å². The first-order valence-electron chi connectivity index (χ1n) is 14.0. The van der Waals surface area contributed by atoms with Crippen LogP contribution in [0.15, 0.2) is 108 Å². The van der Waals surface area contributed by atoms with Crippen LogP contribution in [0.5, 0.6) is 0 Å². The highest BCUT2D eigenvalue weighted by atomic mass is 28.3. The first-order chi connectivity index (χ1) is 18.9. The van der Waals surface area contributed by atoms with E-state index in [4.69, 9.17) is 4.42 Å². The van der Waals surface area contributed by atoms with Gasteiger partial charge in [0.05, 0.1) is 6.26 Å². The molecule has 0 radical (unpaired) electrons. The molecule has 1 saturated heterocycles. The SMILES string of the molecule is c1ccc(N2c3cccc4c3B(c3ccoc32)c2cccc3c2N4c2ccccc2[Si]32CCCCC2)cc1. The highest BCUT2D eigenvalue weighted by Crippen LogP contribution is 2.46. The first kappa shape index (κ1) is 21.0. The van der Waals surface area contributed by atoms with Crippen LogP contribution >= 0.6 is 0 Å². The van der Waals surface area contributed by atoms with Gasteiger partial charge in [0.25, 0.3) is 6.71 Å². The molecule has 4 aromatic carbocycles. The van der Waals surface area contributed by atoms with E-state index in [1.54, 1.807) is 10.4 Å². The molecule has 1 spiro atoms. The molecule has 3 nitrogen and oxygen atoms in total. The van der Waals surface area contributed by atoms with Crippen molar-refractivity contribution in [3.05, 3.63) is 103 Å². The van der Waals surface area contributed by atoms with Crippen molar-refractivity contribution >= 4 is 75.9 Å². The van der Waals surface area contributed by atoms with Gasteiger partial charge < -0.3 is 9.32 Å². The molecule has 4 aliphatic rings. The van der Waals surface area contributed by atoms with E-state index in [0.29, 0.717) is 0 Å². The molecule has 5 heteroatoms. The summed E-state index contributed by atoms with van der Waals surface area (Å²) in [7, 11) is -1.84. The summed E-state index contributed by atoms with van der Waals surface area (Å²) >= 11 is 0. The predicted molar refractivity (Wildman–Crippen MR) is 161 cm³/mol. The van der Waals surface area contributed by atoms with Gasteiger partial charge in [-0.3, -0.25) is 4.90 Å². The molecular weight excluding hydrogens is 479 g/mol. The first-order valence-corrected chi connectivity index (χ1v) is 16.4. The second-order valence-corrected chi connectivity index (χ2v) is 15.5. The van der Waals surface area contributed by atoms with Crippen molar-refractivity contribution in [3.63, 3.8) is 0 Å².